The molecule has 27 heavy (non-hydrogen) atoms. The lowest BCUT2D eigenvalue weighted by atomic mass is 10.1. The zero-order valence-corrected chi connectivity index (χ0v) is 16.4. The van der Waals surface area contributed by atoms with Crippen LogP contribution in [0.1, 0.15) is 19.4 Å². The third-order valence-electron chi connectivity index (χ3n) is 4.65. The van der Waals surface area contributed by atoms with Crippen molar-refractivity contribution in [1.82, 2.24) is 10.6 Å². The van der Waals surface area contributed by atoms with Crippen LogP contribution in [0, 0.1) is 5.82 Å². The molecule has 0 radical (unpaired) electrons. The van der Waals surface area contributed by atoms with Gasteiger partial charge in [-0.15, -0.1) is 0 Å². The van der Waals surface area contributed by atoms with Crippen molar-refractivity contribution in [1.29, 1.82) is 0 Å². The van der Waals surface area contributed by atoms with E-state index in [2.05, 4.69) is 10.6 Å². The van der Waals surface area contributed by atoms with Gasteiger partial charge in [0.05, 0.1) is 19.2 Å². The number of piperazine rings is 1. The van der Waals surface area contributed by atoms with Gasteiger partial charge in [-0.3, -0.25) is 9.59 Å². The molecule has 0 saturated carbocycles. The van der Waals surface area contributed by atoms with E-state index in [0.29, 0.717) is 18.8 Å². The van der Waals surface area contributed by atoms with Crippen LogP contribution in [0.15, 0.2) is 18.2 Å². The molecule has 1 heterocycles. The second-order valence-corrected chi connectivity index (χ2v) is 7.31. The van der Waals surface area contributed by atoms with Gasteiger partial charge in [-0.2, -0.15) is 0 Å². The summed E-state index contributed by atoms with van der Waals surface area (Å²) in [5.41, 5.74) is 0.866. The molecule has 0 aliphatic carbocycles. The summed E-state index contributed by atoms with van der Waals surface area (Å²) >= 11 is 0. The van der Waals surface area contributed by atoms with E-state index in [4.69, 9.17) is 4.74 Å². The van der Waals surface area contributed by atoms with Gasteiger partial charge >= 0.3 is 0 Å². The summed E-state index contributed by atoms with van der Waals surface area (Å²) in [6, 6.07) is 4.65. The van der Waals surface area contributed by atoms with E-state index < -0.39 is 0 Å². The SMILES string of the molecule is COc1ccc(F)cc1C[NH+]1CC[NH+](CC(=O)NCC(=O)NC(C)C)CC1. The molecule has 1 aromatic carbocycles. The number of halogens is 1. The van der Waals surface area contributed by atoms with Crippen molar-refractivity contribution in [3.8, 4) is 5.75 Å². The Labute approximate surface area is 159 Å². The lowest BCUT2D eigenvalue weighted by Crippen LogP contribution is -3.28. The van der Waals surface area contributed by atoms with Gasteiger partial charge in [-0.05, 0) is 32.0 Å². The van der Waals surface area contributed by atoms with Crippen LogP contribution in [-0.2, 0) is 16.1 Å². The number of carbonyl (C=O) groups is 2. The number of methoxy groups -OCH3 is 1. The average molecular weight is 382 g/mol. The molecule has 2 rings (SSSR count). The minimum Gasteiger partial charge on any atom is -0.496 e. The van der Waals surface area contributed by atoms with Gasteiger partial charge in [0.25, 0.3) is 5.91 Å². The van der Waals surface area contributed by atoms with Crippen molar-refractivity contribution in [3.05, 3.63) is 29.6 Å². The van der Waals surface area contributed by atoms with E-state index in [1.807, 2.05) is 13.8 Å². The Morgan fingerprint density at radius 2 is 1.81 bits per heavy atom. The molecule has 7 nitrogen and oxygen atoms in total. The van der Waals surface area contributed by atoms with Crippen molar-refractivity contribution in [2.45, 2.75) is 26.4 Å². The fourth-order valence-corrected chi connectivity index (χ4v) is 3.31. The summed E-state index contributed by atoms with van der Waals surface area (Å²) in [7, 11) is 1.59. The number of amides is 2. The van der Waals surface area contributed by atoms with E-state index in [1.54, 1.807) is 13.2 Å². The molecule has 1 fully saturated rings. The number of nitrogens with one attached hydrogen (secondary N) is 4. The highest BCUT2D eigenvalue weighted by Gasteiger charge is 2.25. The highest BCUT2D eigenvalue weighted by molar-refractivity contribution is 5.85. The van der Waals surface area contributed by atoms with Crippen LogP contribution in [-0.4, -0.2) is 64.2 Å². The monoisotopic (exact) mass is 382 g/mol. The van der Waals surface area contributed by atoms with Gasteiger partial charge in [0.1, 0.15) is 44.3 Å². The molecule has 1 saturated heterocycles. The Balaban J connectivity index is 1.73. The third-order valence-corrected chi connectivity index (χ3v) is 4.65. The van der Waals surface area contributed by atoms with Crippen molar-refractivity contribution >= 4 is 11.8 Å². The summed E-state index contributed by atoms with van der Waals surface area (Å²) in [6.07, 6.45) is 0. The molecule has 150 valence electrons. The fourth-order valence-electron chi connectivity index (χ4n) is 3.31. The predicted molar refractivity (Wildman–Crippen MR) is 99.2 cm³/mol. The van der Waals surface area contributed by atoms with Crippen LogP contribution in [0.4, 0.5) is 4.39 Å². The Kier molecular flexibility index (Phi) is 7.99. The summed E-state index contributed by atoms with van der Waals surface area (Å²) < 4.78 is 18.8. The summed E-state index contributed by atoms with van der Waals surface area (Å²) in [5.74, 6) is 0.163. The van der Waals surface area contributed by atoms with Crippen molar-refractivity contribution < 1.29 is 28.5 Å². The van der Waals surface area contributed by atoms with Gasteiger partial charge in [-0.25, -0.2) is 4.39 Å². The largest absolute Gasteiger partial charge is 0.496 e. The quantitative estimate of drug-likeness (QED) is 0.411. The third kappa shape index (κ3) is 7.15. The average Bonchev–Trinajstić information content (AvgIpc) is 2.61. The molecule has 1 aliphatic rings. The second-order valence-electron chi connectivity index (χ2n) is 7.31. The number of rotatable bonds is 8. The molecular weight excluding hydrogens is 351 g/mol. The first kappa shape index (κ1) is 21.1. The molecule has 0 atom stereocenters. The van der Waals surface area contributed by atoms with E-state index in [0.717, 1.165) is 31.7 Å². The minimum atomic E-state index is -0.257. The predicted octanol–water partition coefficient (Wildman–Crippen LogP) is -2.24. The summed E-state index contributed by atoms with van der Waals surface area (Å²) in [5, 5.41) is 5.41. The van der Waals surface area contributed by atoms with E-state index in [-0.39, 0.29) is 30.2 Å². The molecule has 0 aromatic heterocycles. The Hall–Kier alpha value is -2.19. The number of quaternary nitrogens is 2. The zero-order valence-electron chi connectivity index (χ0n) is 16.4. The van der Waals surface area contributed by atoms with Gasteiger partial charge < -0.3 is 25.2 Å². The molecule has 4 N–H and O–H groups in total. The van der Waals surface area contributed by atoms with Crippen LogP contribution in [0.5, 0.6) is 5.75 Å². The zero-order chi connectivity index (χ0) is 19.8. The maximum atomic E-state index is 13.5. The normalized spacial score (nSPS) is 19.6. The van der Waals surface area contributed by atoms with E-state index in [9.17, 15) is 14.0 Å². The smallest absolute Gasteiger partial charge is 0.275 e. The van der Waals surface area contributed by atoms with E-state index >= 15 is 0 Å². The van der Waals surface area contributed by atoms with Crippen LogP contribution in [0.2, 0.25) is 0 Å². The van der Waals surface area contributed by atoms with E-state index in [1.165, 1.54) is 21.9 Å². The molecular formula is C19H31FN4O3+2. The first-order valence-corrected chi connectivity index (χ1v) is 9.43. The Morgan fingerprint density at radius 3 is 2.44 bits per heavy atom. The Bertz CT molecular complexity index is 646. The van der Waals surface area contributed by atoms with Crippen LogP contribution in [0.25, 0.3) is 0 Å². The first-order valence-electron chi connectivity index (χ1n) is 9.43. The van der Waals surface area contributed by atoms with Gasteiger partial charge in [0.15, 0.2) is 6.54 Å². The van der Waals surface area contributed by atoms with Gasteiger partial charge in [0, 0.05) is 6.04 Å². The van der Waals surface area contributed by atoms with Crippen molar-refractivity contribution in [2.24, 2.45) is 0 Å². The van der Waals surface area contributed by atoms with Gasteiger partial charge in [0.2, 0.25) is 5.91 Å². The summed E-state index contributed by atoms with van der Waals surface area (Å²) in [6.45, 7) is 8.36. The molecule has 0 bridgehead atoms. The fraction of sp³-hybridized carbons (Fsp3) is 0.579. The molecule has 8 heteroatoms. The number of carbonyl (C=O) groups excluding carboxylic acids is 2. The summed E-state index contributed by atoms with van der Waals surface area (Å²) in [4.78, 5) is 26.1. The van der Waals surface area contributed by atoms with Crippen LogP contribution < -0.4 is 25.2 Å². The lowest BCUT2D eigenvalue weighted by molar-refractivity contribution is -1.02. The maximum absolute atomic E-state index is 13.5. The number of ether oxygens (including phenoxy) is 1. The van der Waals surface area contributed by atoms with Crippen LogP contribution in [0.3, 0.4) is 0 Å². The van der Waals surface area contributed by atoms with Crippen molar-refractivity contribution in [2.75, 3.05) is 46.4 Å². The molecule has 2 amide bonds. The molecule has 0 spiro atoms. The molecule has 1 aromatic rings. The molecule has 1 aliphatic heterocycles. The topological polar surface area (TPSA) is 76.3 Å². The number of hydrogen-bond acceptors (Lipinski definition) is 3. The minimum absolute atomic E-state index is 0.0149. The van der Waals surface area contributed by atoms with Crippen molar-refractivity contribution in [3.63, 3.8) is 0 Å². The highest BCUT2D eigenvalue weighted by Crippen LogP contribution is 2.18. The molecule has 0 unspecified atom stereocenters. The van der Waals surface area contributed by atoms with Gasteiger partial charge in [-0.1, -0.05) is 0 Å². The maximum Gasteiger partial charge on any atom is 0.275 e. The number of benzene rings is 1. The standard InChI is InChI=1S/C19H29FN4O3/c1-14(2)22-18(25)11-21-19(26)13-24-8-6-23(7-9-24)12-15-10-16(20)4-5-17(15)27-3/h4-5,10,14H,6-9,11-13H2,1-3H3,(H,21,26)(H,22,25)/p+2. The number of hydrogen-bond donors (Lipinski definition) is 4. The first-order chi connectivity index (χ1) is 12.9. The van der Waals surface area contributed by atoms with Crippen LogP contribution >= 0.6 is 0 Å². The highest BCUT2D eigenvalue weighted by atomic mass is 19.1. The lowest BCUT2D eigenvalue weighted by Gasteiger charge is -2.29. The second kappa shape index (κ2) is 10.2. The Morgan fingerprint density at radius 1 is 1.15 bits per heavy atom.